The second kappa shape index (κ2) is 5.02. The van der Waals surface area contributed by atoms with Crippen LogP contribution in [0.4, 0.5) is 10.1 Å². The third kappa shape index (κ3) is 2.64. The van der Waals surface area contributed by atoms with Crippen LogP contribution < -0.4 is 5.73 Å². The Balaban J connectivity index is 1.54. The van der Waals surface area contributed by atoms with Gasteiger partial charge in [-0.2, -0.15) is 0 Å². The molecule has 0 unspecified atom stereocenters. The molecule has 2 fully saturated rings. The fourth-order valence-corrected chi connectivity index (χ4v) is 3.55. The van der Waals surface area contributed by atoms with E-state index in [0.29, 0.717) is 23.4 Å². The maximum absolute atomic E-state index is 13.1. The predicted octanol–water partition coefficient (Wildman–Crippen LogP) is 3.50. The third-order valence-corrected chi connectivity index (χ3v) is 5.00. The van der Waals surface area contributed by atoms with E-state index in [0.717, 1.165) is 16.5 Å². The lowest BCUT2D eigenvalue weighted by Crippen LogP contribution is -2.02. The van der Waals surface area contributed by atoms with Gasteiger partial charge in [-0.15, -0.1) is 10.2 Å². The zero-order chi connectivity index (χ0) is 14.4. The first-order valence-electron chi connectivity index (χ1n) is 7.34. The van der Waals surface area contributed by atoms with Crippen molar-refractivity contribution in [3.05, 3.63) is 35.4 Å². The summed E-state index contributed by atoms with van der Waals surface area (Å²) in [6.45, 7) is 0. The van der Waals surface area contributed by atoms with E-state index in [-0.39, 0.29) is 5.82 Å². The van der Waals surface area contributed by atoms with Crippen LogP contribution in [0, 0.1) is 5.82 Å². The normalized spacial score (nSPS) is 18.1. The molecular weight excluding hydrogens is 287 g/mol. The lowest BCUT2D eigenvalue weighted by molar-refractivity contribution is 0.626. The molecule has 0 spiro atoms. The Bertz CT molecular complexity index is 676. The van der Waals surface area contributed by atoms with Gasteiger partial charge < -0.3 is 10.3 Å². The summed E-state index contributed by atoms with van der Waals surface area (Å²) in [5, 5.41) is 9.73. The standard InChI is InChI=1S/C15H17FN4S/c16-11-4-3-10(13(17)7-11)8-21-15-19-18-14(9-1-2-9)20(15)12-5-6-12/h3-4,7,9,12H,1-2,5-6,8,17H2. The number of aromatic nitrogens is 3. The van der Waals surface area contributed by atoms with Crippen molar-refractivity contribution in [2.75, 3.05) is 5.73 Å². The Morgan fingerprint density at radius 2 is 2.05 bits per heavy atom. The van der Waals surface area contributed by atoms with Crippen LogP contribution in [0.2, 0.25) is 0 Å². The highest BCUT2D eigenvalue weighted by atomic mass is 32.2. The van der Waals surface area contributed by atoms with E-state index >= 15 is 0 Å². The van der Waals surface area contributed by atoms with Crippen LogP contribution >= 0.6 is 11.8 Å². The maximum atomic E-state index is 13.1. The Morgan fingerprint density at radius 3 is 2.71 bits per heavy atom. The number of hydrogen-bond donors (Lipinski definition) is 1. The molecule has 0 saturated heterocycles. The second-order valence-electron chi connectivity index (χ2n) is 5.85. The molecule has 21 heavy (non-hydrogen) atoms. The van der Waals surface area contributed by atoms with Gasteiger partial charge in [0.15, 0.2) is 5.16 Å². The van der Waals surface area contributed by atoms with Crippen LogP contribution in [0.5, 0.6) is 0 Å². The molecule has 2 N–H and O–H groups in total. The number of thioether (sulfide) groups is 1. The minimum atomic E-state index is -0.293. The lowest BCUT2D eigenvalue weighted by Gasteiger charge is -2.09. The van der Waals surface area contributed by atoms with Gasteiger partial charge in [0.2, 0.25) is 0 Å². The van der Waals surface area contributed by atoms with Crippen molar-refractivity contribution in [2.24, 2.45) is 0 Å². The number of anilines is 1. The summed E-state index contributed by atoms with van der Waals surface area (Å²) in [5.41, 5.74) is 7.31. The largest absolute Gasteiger partial charge is 0.398 e. The van der Waals surface area contributed by atoms with E-state index in [4.69, 9.17) is 5.73 Å². The molecule has 2 aromatic rings. The number of rotatable bonds is 5. The minimum absolute atomic E-state index is 0.293. The molecule has 6 heteroatoms. The summed E-state index contributed by atoms with van der Waals surface area (Å²) in [7, 11) is 0. The first-order valence-corrected chi connectivity index (χ1v) is 8.32. The average Bonchev–Trinajstić information content (AvgIpc) is 3.37. The van der Waals surface area contributed by atoms with E-state index in [1.807, 2.05) is 0 Å². The van der Waals surface area contributed by atoms with Gasteiger partial charge >= 0.3 is 0 Å². The van der Waals surface area contributed by atoms with Gasteiger partial charge in [-0.25, -0.2) is 4.39 Å². The first-order chi connectivity index (χ1) is 10.2. The van der Waals surface area contributed by atoms with Crippen molar-refractivity contribution < 1.29 is 4.39 Å². The Morgan fingerprint density at radius 1 is 1.24 bits per heavy atom. The van der Waals surface area contributed by atoms with Gasteiger partial charge in [-0.05, 0) is 43.4 Å². The first kappa shape index (κ1) is 13.1. The summed E-state index contributed by atoms with van der Waals surface area (Å²) in [5.74, 6) is 2.18. The molecule has 1 aromatic heterocycles. The number of benzene rings is 1. The summed E-state index contributed by atoms with van der Waals surface area (Å²) >= 11 is 1.64. The lowest BCUT2D eigenvalue weighted by atomic mass is 10.2. The molecule has 0 radical (unpaired) electrons. The number of nitrogen functional groups attached to an aromatic ring is 1. The van der Waals surface area contributed by atoms with Crippen LogP contribution in [-0.2, 0) is 5.75 Å². The van der Waals surface area contributed by atoms with Crippen LogP contribution in [-0.4, -0.2) is 14.8 Å². The topological polar surface area (TPSA) is 56.7 Å². The number of halogens is 1. The summed E-state index contributed by atoms with van der Waals surface area (Å²) in [6.07, 6.45) is 4.93. The zero-order valence-electron chi connectivity index (χ0n) is 11.6. The van der Waals surface area contributed by atoms with Gasteiger partial charge in [0, 0.05) is 23.4 Å². The van der Waals surface area contributed by atoms with Crippen LogP contribution in [0.15, 0.2) is 23.4 Å². The van der Waals surface area contributed by atoms with Crippen molar-refractivity contribution in [2.45, 2.75) is 48.6 Å². The van der Waals surface area contributed by atoms with Gasteiger partial charge in [-0.1, -0.05) is 17.8 Å². The van der Waals surface area contributed by atoms with E-state index in [2.05, 4.69) is 14.8 Å². The number of nitrogens with zero attached hydrogens (tertiary/aromatic N) is 3. The molecule has 4 rings (SSSR count). The van der Waals surface area contributed by atoms with E-state index < -0.39 is 0 Å². The van der Waals surface area contributed by atoms with Crippen LogP contribution in [0.25, 0.3) is 0 Å². The number of hydrogen-bond acceptors (Lipinski definition) is 4. The zero-order valence-corrected chi connectivity index (χ0v) is 12.4. The molecule has 0 aliphatic heterocycles. The predicted molar refractivity (Wildman–Crippen MR) is 80.6 cm³/mol. The smallest absolute Gasteiger partial charge is 0.191 e. The summed E-state index contributed by atoms with van der Waals surface area (Å²) in [4.78, 5) is 0. The molecule has 110 valence electrons. The van der Waals surface area contributed by atoms with Crippen molar-refractivity contribution in [3.63, 3.8) is 0 Å². The molecule has 1 heterocycles. The highest BCUT2D eigenvalue weighted by Gasteiger charge is 2.36. The highest BCUT2D eigenvalue weighted by Crippen LogP contribution is 2.46. The fraction of sp³-hybridized carbons (Fsp3) is 0.467. The van der Waals surface area contributed by atoms with Crippen molar-refractivity contribution in [1.29, 1.82) is 0 Å². The monoisotopic (exact) mass is 304 g/mol. The van der Waals surface area contributed by atoms with Crippen molar-refractivity contribution in [3.8, 4) is 0 Å². The molecule has 2 aliphatic carbocycles. The van der Waals surface area contributed by atoms with Gasteiger partial charge in [0.1, 0.15) is 11.6 Å². The summed E-state index contributed by atoms with van der Waals surface area (Å²) < 4.78 is 15.4. The van der Waals surface area contributed by atoms with Crippen molar-refractivity contribution in [1.82, 2.24) is 14.8 Å². The number of nitrogens with two attached hydrogens (primary N) is 1. The Hall–Kier alpha value is -1.56. The Kier molecular flexibility index (Phi) is 3.14. The molecule has 2 aliphatic rings. The summed E-state index contributed by atoms with van der Waals surface area (Å²) in [6, 6.07) is 5.16. The van der Waals surface area contributed by atoms with E-state index in [1.165, 1.54) is 37.8 Å². The van der Waals surface area contributed by atoms with E-state index in [1.54, 1.807) is 17.8 Å². The molecule has 2 saturated carbocycles. The van der Waals surface area contributed by atoms with E-state index in [9.17, 15) is 4.39 Å². The molecular formula is C15H17FN4S. The van der Waals surface area contributed by atoms with Gasteiger partial charge in [0.25, 0.3) is 0 Å². The molecule has 0 bridgehead atoms. The molecule has 4 nitrogen and oxygen atoms in total. The van der Waals surface area contributed by atoms with Crippen LogP contribution in [0.3, 0.4) is 0 Å². The highest BCUT2D eigenvalue weighted by molar-refractivity contribution is 7.98. The van der Waals surface area contributed by atoms with Gasteiger partial charge in [-0.3, -0.25) is 0 Å². The van der Waals surface area contributed by atoms with Gasteiger partial charge in [0.05, 0.1) is 0 Å². The average molecular weight is 304 g/mol. The second-order valence-corrected chi connectivity index (χ2v) is 6.79. The molecule has 0 atom stereocenters. The molecule has 0 amide bonds. The third-order valence-electron chi connectivity index (χ3n) is 4.01. The van der Waals surface area contributed by atoms with Crippen LogP contribution in [0.1, 0.15) is 49.0 Å². The minimum Gasteiger partial charge on any atom is -0.398 e. The molecule has 1 aromatic carbocycles. The fourth-order valence-electron chi connectivity index (χ4n) is 2.52. The Labute approximate surface area is 126 Å². The quantitative estimate of drug-likeness (QED) is 0.678. The van der Waals surface area contributed by atoms with Crippen molar-refractivity contribution >= 4 is 17.4 Å². The maximum Gasteiger partial charge on any atom is 0.191 e. The SMILES string of the molecule is Nc1cc(F)ccc1CSc1nnc(C2CC2)n1C1CC1.